The lowest BCUT2D eigenvalue weighted by atomic mass is 10.1. The first-order valence-electron chi connectivity index (χ1n) is 7.78. The average molecular weight is 311 g/mol. The Morgan fingerprint density at radius 3 is 2.78 bits per heavy atom. The molecule has 4 rings (SSSR count). The number of rotatable bonds is 3. The van der Waals surface area contributed by atoms with E-state index in [2.05, 4.69) is 10.1 Å². The van der Waals surface area contributed by atoms with E-state index in [0.717, 1.165) is 13.0 Å². The number of aromatic nitrogens is 3. The van der Waals surface area contributed by atoms with Gasteiger partial charge in [-0.25, -0.2) is 9.67 Å². The average Bonchev–Trinajstić information content (AvgIpc) is 3.18. The second-order valence-corrected chi connectivity index (χ2v) is 5.89. The van der Waals surface area contributed by atoms with Crippen LogP contribution in [0.4, 0.5) is 0 Å². The quantitative estimate of drug-likeness (QED) is 0.837. The minimum absolute atomic E-state index is 0.0955. The van der Waals surface area contributed by atoms with Crippen LogP contribution in [0.1, 0.15) is 23.3 Å². The van der Waals surface area contributed by atoms with Gasteiger partial charge >= 0.3 is 0 Å². The third kappa shape index (κ3) is 2.48. The zero-order valence-corrected chi connectivity index (χ0v) is 12.6. The Morgan fingerprint density at radius 2 is 2.09 bits per heavy atom. The number of pyridine rings is 1. The van der Waals surface area contributed by atoms with E-state index in [4.69, 9.17) is 0 Å². The predicted octanol–water partition coefficient (Wildman–Crippen LogP) is 0.714. The van der Waals surface area contributed by atoms with Crippen molar-refractivity contribution < 1.29 is 9.59 Å². The highest BCUT2D eigenvalue weighted by Gasteiger charge is 2.39. The van der Waals surface area contributed by atoms with E-state index in [1.54, 1.807) is 34.1 Å². The van der Waals surface area contributed by atoms with Gasteiger partial charge in [-0.05, 0) is 24.6 Å². The molecule has 2 amide bonds. The largest absolute Gasteiger partial charge is 0.336 e. The lowest BCUT2D eigenvalue weighted by Crippen LogP contribution is -2.61. The van der Waals surface area contributed by atoms with Crippen LogP contribution in [0.15, 0.2) is 36.7 Å². The molecule has 0 saturated carbocycles. The summed E-state index contributed by atoms with van der Waals surface area (Å²) in [5, 5.41) is 4.12. The molecule has 2 aliphatic heterocycles. The third-order valence-corrected chi connectivity index (χ3v) is 4.39. The number of hydrogen-bond acceptors (Lipinski definition) is 4. The summed E-state index contributed by atoms with van der Waals surface area (Å²) < 4.78 is 1.62. The molecule has 118 valence electrons. The summed E-state index contributed by atoms with van der Waals surface area (Å²) in [6.07, 6.45) is 5.02. The smallest absolute Gasteiger partial charge is 0.272 e. The molecular formula is C16H17N5O2. The van der Waals surface area contributed by atoms with E-state index in [1.165, 1.54) is 0 Å². The molecule has 0 bridgehead atoms. The molecule has 2 fully saturated rings. The monoisotopic (exact) mass is 311 g/mol. The first-order chi connectivity index (χ1) is 11.2. The van der Waals surface area contributed by atoms with E-state index in [-0.39, 0.29) is 17.9 Å². The molecule has 0 radical (unpaired) electrons. The Hall–Kier alpha value is -2.70. The standard InChI is InChI=1S/C16H17N5O2/c22-15-6-2-8-20(15)12-10-19(11-12)16(23)13-4-1-5-14(18-13)21-9-3-7-17-21/h1,3-5,7,9,12H,2,6,8,10-11H2. The van der Waals surface area contributed by atoms with Crippen molar-refractivity contribution in [1.29, 1.82) is 0 Å². The lowest BCUT2D eigenvalue weighted by molar-refractivity contribution is -0.132. The summed E-state index contributed by atoms with van der Waals surface area (Å²) in [4.78, 5) is 32.3. The van der Waals surface area contributed by atoms with Crippen molar-refractivity contribution in [2.24, 2.45) is 0 Å². The van der Waals surface area contributed by atoms with Gasteiger partial charge in [0.05, 0.1) is 6.04 Å². The maximum Gasteiger partial charge on any atom is 0.272 e. The summed E-state index contributed by atoms with van der Waals surface area (Å²) in [5.41, 5.74) is 0.407. The highest BCUT2D eigenvalue weighted by Crippen LogP contribution is 2.22. The van der Waals surface area contributed by atoms with Crippen molar-refractivity contribution in [2.75, 3.05) is 19.6 Å². The minimum atomic E-state index is -0.0955. The van der Waals surface area contributed by atoms with E-state index in [1.807, 2.05) is 17.0 Å². The van der Waals surface area contributed by atoms with Crippen molar-refractivity contribution in [3.05, 3.63) is 42.4 Å². The number of hydrogen-bond donors (Lipinski definition) is 0. The fraction of sp³-hybridized carbons (Fsp3) is 0.375. The summed E-state index contributed by atoms with van der Waals surface area (Å²) in [6.45, 7) is 2.01. The number of amides is 2. The first kappa shape index (κ1) is 13.9. The second-order valence-electron chi connectivity index (χ2n) is 5.89. The molecule has 0 N–H and O–H groups in total. The first-order valence-corrected chi connectivity index (χ1v) is 7.78. The lowest BCUT2D eigenvalue weighted by Gasteiger charge is -2.43. The molecule has 2 aliphatic rings. The second kappa shape index (κ2) is 5.49. The molecule has 0 aromatic carbocycles. The Balaban J connectivity index is 1.44. The van der Waals surface area contributed by atoms with Gasteiger partial charge in [0.15, 0.2) is 5.82 Å². The molecule has 2 aromatic rings. The van der Waals surface area contributed by atoms with Crippen molar-refractivity contribution in [1.82, 2.24) is 24.6 Å². The zero-order chi connectivity index (χ0) is 15.8. The zero-order valence-electron chi connectivity index (χ0n) is 12.6. The van der Waals surface area contributed by atoms with Gasteiger partial charge in [0, 0.05) is 38.4 Å². The Morgan fingerprint density at radius 1 is 1.22 bits per heavy atom. The van der Waals surface area contributed by atoms with Crippen LogP contribution in [0.5, 0.6) is 0 Å². The topological polar surface area (TPSA) is 71.3 Å². The molecule has 7 heteroatoms. The van der Waals surface area contributed by atoms with Gasteiger partial charge in [0.1, 0.15) is 5.69 Å². The van der Waals surface area contributed by atoms with E-state index >= 15 is 0 Å². The van der Waals surface area contributed by atoms with Crippen LogP contribution in [-0.4, -0.2) is 62.1 Å². The van der Waals surface area contributed by atoms with Gasteiger partial charge in [-0.3, -0.25) is 9.59 Å². The SMILES string of the molecule is O=C(c1cccc(-n2cccn2)n1)N1CC(N2CCCC2=O)C1. The van der Waals surface area contributed by atoms with Crippen LogP contribution in [0.3, 0.4) is 0 Å². The number of carbonyl (C=O) groups excluding carboxylic acids is 2. The van der Waals surface area contributed by atoms with Crippen molar-refractivity contribution in [3.63, 3.8) is 0 Å². The van der Waals surface area contributed by atoms with E-state index < -0.39 is 0 Å². The normalized spacial score (nSPS) is 18.3. The molecule has 2 aromatic heterocycles. The van der Waals surface area contributed by atoms with Crippen LogP contribution in [-0.2, 0) is 4.79 Å². The van der Waals surface area contributed by atoms with Gasteiger partial charge in [0.2, 0.25) is 5.91 Å². The van der Waals surface area contributed by atoms with Crippen LogP contribution in [0.2, 0.25) is 0 Å². The van der Waals surface area contributed by atoms with Gasteiger partial charge in [-0.2, -0.15) is 5.10 Å². The summed E-state index contributed by atoms with van der Waals surface area (Å²) in [5.74, 6) is 0.732. The minimum Gasteiger partial charge on any atom is -0.336 e. The van der Waals surface area contributed by atoms with Crippen molar-refractivity contribution in [2.45, 2.75) is 18.9 Å². The predicted molar refractivity (Wildman–Crippen MR) is 82.0 cm³/mol. The molecule has 7 nitrogen and oxygen atoms in total. The maximum absolute atomic E-state index is 12.5. The van der Waals surface area contributed by atoms with Gasteiger partial charge in [0.25, 0.3) is 5.91 Å². The van der Waals surface area contributed by atoms with Crippen molar-refractivity contribution in [3.8, 4) is 5.82 Å². The summed E-state index contributed by atoms with van der Waals surface area (Å²) >= 11 is 0. The Bertz CT molecular complexity index is 737. The molecule has 0 spiro atoms. The maximum atomic E-state index is 12.5. The Kier molecular flexibility index (Phi) is 3.33. The fourth-order valence-corrected chi connectivity index (χ4v) is 3.11. The van der Waals surface area contributed by atoms with Gasteiger partial charge in [-0.1, -0.05) is 6.07 Å². The molecular weight excluding hydrogens is 294 g/mol. The molecule has 4 heterocycles. The summed E-state index contributed by atoms with van der Waals surface area (Å²) in [7, 11) is 0. The molecule has 0 atom stereocenters. The Labute approximate surface area is 133 Å². The molecule has 23 heavy (non-hydrogen) atoms. The highest BCUT2D eigenvalue weighted by atomic mass is 16.2. The van der Waals surface area contributed by atoms with E-state index in [0.29, 0.717) is 31.0 Å². The number of likely N-dealkylation sites (tertiary alicyclic amines) is 2. The third-order valence-electron chi connectivity index (χ3n) is 4.39. The number of carbonyl (C=O) groups is 2. The van der Waals surface area contributed by atoms with E-state index in [9.17, 15) is 9.59 Å². The molecule has 0 aliphatic carbocycles. The van der Waals surface area contributed by atoms with Gasteiger partial charge in [-0.15, -0.1) is 0 Å². The van der Waals surface area contributed by atoms with Gasteiger partial charge < -0.3 is 9.80 Å². The van der Waals surface area contributed by atoms with Crippen LogP contribution < -0.4 is 0 Å². The molecule has 2 saturated heterocycles. The number of nitrogens with zero attached hydrogens (tertiary/aromatic N) is 5. The summed E-state index contributed by atoms with van der Waals surface area (Å²) in [6, 6.07) is 7.31. The molecule has 0 unspecified atom stereocenters. The van der Waals surface area contributed by atoms with Crippen LogP contribution >= 0.6 is 0 Å². The fourth-order valence-electron chi connectivity index (χ4n) is 3.11. The van der Waals surface area contributed by atoms with Crippen LogP contribution in [0.25, 0.3) is 5.82 Å². The highest BCUT2D eigenvalue weighted by molar-refractivity contribution is 5.93. The van der Waals surface area contributed by atoms with Crippen molar-refractivity contribution >= 4 is 11.8 Å². The van der Waals surface area contributed by atoms with Crippen LogP contribution in [0, 0.1) is 0 Å².